The number of tetrazole rings is 1. The molecule has 1 aromatic heterocycles. The van der Waals surface area contributed by atoms with Gasteiger partial charge >= 0.3 is 0 Å². The Labute approximate surface area is 114 Å². The minimum absolute atomic E-state index is 0.161. The number of rotatable bonds is 6. The second kappa shape index (κ2) is 6.43. The van der Waals surface area contributed by atoms with Gasteiger partial charge in [-0.2, -0.15) is 0 Å². The van der Waals surface area contributed by atoms with Gasteiger partial charge in [0.25, 0.3) is 0 Å². The molecule has 0 bridgehead atoms. The maximum absolute atomic E-state index is 4.11. The van der Waals surface area contributed by atoms with Crippen LogP contribution in [0.2, 0.25) is 0 Å². The van der Waals surface area contributed by atoms with Crippen molar-refractivity contribution in [2.75, 3.05) is 7.05 Å². The van der Waals surface area contributed by atoms with E-state index >= 15 is 0 Å². The van der Waals surface area contributed by atoms with Crippen LogP contribution < -0.4 is 5.32 Å². The first kappa shape index (κ1) is 13.7. The van der Waals surface area contributed by atoms with Crippen LogP contribution >= 0.6 is 0 Å². The van der Waals surface area contributed by atoms with E-state index < -0.39 is 0 Å². The normalized spacial score (nSPS) is 14.3. The molecule has 5 nitrogen and oxygen atoms in total. The number of aromatic nitrogens is 4. The van der Waals surface area contributed by atoms with E-state index in [0.29, 0.717) is 6.04 Å². The molecule has 0 aliphatic heterocycles. The molecule has 2 atom stereocenters. The van der Waals surface area contributed by atoms with Crippen molar-refractivity contribution in [3.8, 4) is 0 Å². The number of hydrogen-bond donors (Lipinski definition) is 1. The van der Waals surface area contributed by atoms with Crippen LogP contribution in [0.4, 0.5) is 0 Å². The summed E-state index contributed by atoms with van der Waals surface area (Å²) in [5.41, 5.74) is 1.35. The second-order valence-corrected chi connectivity index (χ2v) is 4.87. The lowest BCUT2D eigenvalue weighted by molar-refractivity contribution is 0.414. The highest BCUT2D eigenvalue weighted by atomic mass is 15.6. The van der Waals surface area contributed by atoms with Crippen molar-refractivity contribution >= 4 is 0 Å². The van der Waals surface area contributed by atoms with Crippen LogP contribution in [0.25, 0.3) is 0 Å². The zero-order valence-electron chi connectivity index (χ0n) is 11.7. The van der Waals surface area contributed by atoms with Crippen LogP contribution in [0.1, 0.15) is 43.7 Å². The number of aryl methyl sites for hydroxylation is 1. The lowest BCUT2D eigenvalue weighted by atomic mass is 10.1. The van der Waals surface area contributed by atoms with Crippen molar-refractivity contribution in [1.29, 1.82) is 0 Å². The molecule has 2 rings (SSSR count). The summed E-state index contributed by atoms with van der Waals surface area (Å²) in [5, 5.41) is 15.2. The lowest BCUT2D eigenvalue weighted by Gasteiger charge is -2.16. The molecule has 2 aromatic rings. The van der Waals surface area contributed by atoms with Crippen LogP contribution in [0.3, 0.4) is 0 Å². The Morgan fingerprint density at radius 1 is 1.21 bits per heavy atom. The van der Waals surface area contributed by atoms with E-state index in [1.54, 1.807) is 0 Å². The Balaban J connectivity index is 2.00. The highest BCUT2D eigenvalue weighted by Crippen LogP contribution is 2.17. The van der Waals surface area contributed by atoms with Crippen molar-refractivity contribution in [3.63, 3.8) is 0 Å². The van der Waals surface area contributed by atoms with E-state index in [1.165, 1.54) is 5.56 Å². The van der Waals surface area contributed by atoms with Gasteiger partial charge in [0.2, 0.25) is 0 Å². The maximum Gasteiger partial charge on any atom is 0.168 e. The van der Waals surface area contributed by atoms with Crippen LogP contribution in [0.15, 0.2) is 30.3 Å². The third-order valence-electron chi connectivity index (χ3n) is 3.45. The fourth-order valence-corrected chi connectivity index (χ4v) is 2.07. The first-order valence-electron chi connectivity index (χ1n) is 6.71. The Morgan fingerprint density at radius 3 is 2.63 bits per heavy atom. The van der Waals surface area contributed by atoms with Crippen LogP contribution in [0.5, 0.6) is 0 Å². The van der Waals surface area contributed by atoms with Crippen molar-refractivity contribution in [3.05, 3.63) is 41.7 Å². The maximum atomic E-state index is 4.11. The van der Waals surface area contributed by atoms with Crippen molar-refractivity contribution < 1.29 is 0 Å². The topological polar surface area (TPSA) is 55.6 Å². The number of nitrogens with one attached hydrogen (secondary N) is 1. The van der Waals surface area contributed by atoms with E-state index in [1.807, 2.05) is 17.8 Å². The third kappa shape index (κ3) is 3.38. The van der Waals surface area contributed by atoms with E-state index in [9.17, 15) is 0 Å². The zero-order chi connectivity index (χ0) is 13.7. The van der Waals surface area contributed by atoms with Crippen LogP contribution in [-0.4, -0.2) is 27.3 Å². The molecule has 0 fully saturated rings. The molecule has 2 unspecified atom stereocenters. The van der Waals surface area contributed by atoms with Gasteiger partial charge in [0.1, 0.15) is 0 Å². The summed E-state index contributed by atoms with van der Waals surface area (Å²) < 4.78 is 1.92. The fourth-order valence-electron chi connectivity index (χ4n) is 2.07. The number of nitrogens with zero attached hydrogens (tertiary/aromatic N) is 4. The molecule has 1 heterocycles. The van der Waals surface area contributed by atoms with Crippen LogP contribution in [-0.2, 0) is 6.42 Å². The molecule has 0 aliphatic rings. The average Bonchev–Trinajstić information content (AvgIpc) is 2.94. The Morgan fingerprint density at radius 2 is 1.95 bits per heavy atom. The SMILES string of the molecule is CNC(C)c1nnnn1C(C)CCc1ccccc1. The van der Waals surface area contributed by atoms with Crippen LogP contribution in [0, 0.1) is 0 Å². The van der Waals surface area contributed by atoms with Crippen molar-refractivity contribution in [2.24, 2.45) is 0 Å². The third-order valence-corrected chi connectivity index (χ3v) is 3.45. The van der Waals surface area contributed by atoms with Gasteiger partial charge < -0.3 is 5.32 Å². The van der Waals surface area contributed by atoms with E-state index in [0.717, 1.165) is 18.7 Å². The van der Waals surface area contributed by atoms with E-state index in [2.05, 4.69) is 59.0 Å². The number of hydrogen-bond acceptors (Lipinski definition) is 4. The molecule has 0 radical (unpaired) electrons. The van der Waals surface area contributed by atoms with Gasteiger partial charge in [-0.1, -0.05) is 30.3 Å². The standard InChI is InChI=1S/C14H21N5/c1-11(9-10-13-7-5-4-6-8-13)19-14(12(2)15-3)16-17-18-19/h4-8,11-12,15H,9-10H2,1-3H3. The summed E-state index contributed by atoms with van der Waals surface area (Å²) in [6, 6.07) is 11.0. The molecule has 1 N–H and O–H groups in total. The monoisotopic (exact) mass is 259 g/mol. The minimum atomic E-state index is 0.161. The first-order valence-corrected chi connectivity index (χ1v) is 6.71. The molecule has 0 saturated heterocycles. The van der Waals surface area contributed by atoms with E-state index in [-0.39, 0.29) is 6.04 Å². The largest absolute Gasteiger partial charge is 0.311 e. The highest BCUT2D eigenvalue weighted by Gasteiger charge is 2.16. The quantitative estimate of drug-likeness (QED) is 0.863. The predicted octanol–water partition coefficient (Wildman–Crippen LogP) is 2.15. The predicted molar refractivity (Wildman–Crippen MR) is 74.8 cm³/mol. The molecule has 0 aliphatic carbocycles. The molecule has 0 saturated carbocycles. The summed E-state index contributed by atoms with van der Waals surface area (Å²) in [6.07, 6.45) is 2.06. The Bertz CT molecular complexity index is 494. The summed E-state index contributed by atoms with van der Waals surface area (Å²) in [5.74, 6) is 0.892. The van der Waals surface area contributed by atoms with Gasteiger partial charge in [0.15, 0.2) is 5.82 Å². The van der Waals surface area contributed by atoms with Gasteiger partial charge in [0, 0.05) is 0 Å². The molecular formula is C14H21N5. The molecule has 0 spiro atoms. The molecule has 5 heteroatoms. The highest BCUT2D eigenvalue weighted by molar-refractivity contribution is 5.14. The van der Waals surface area contributed by atoms with Crippen molar-refractivity contribution in [1.82, 2.24) is 25.5 Å². The molecule has 0 amide bonds. The van der Waals surface area contributed by atoms with Gasteiger partial charge in [0.05, 0.1) is 12.1 Å². The molecule has 1 aromatic carbocycles. The average molecular weight is 259 g/mol. The van der Waals surface area contributed by atoms with Crippen molar-refractivity contribution in [2.45, 2.75) is 38.8 Å². The molecular weight excluding hydrogens is 238 g/mol. The lowest BCUT2D eigenvalue weighted by Crippen LogP contribution is -2.20. The van der Waals surface area contributed by atoms with Gasteiger partial charge in [-0.25, -0.2) is 4.68 Å². The summed E-state index contributed by atoms with van der Waals surface area (Å²) in [7, 11) is 1.92. The second-order valence-electron chi connectivity index (χ2n) is 4.87. The first-order chi connectivity index (χ1) is 9.22. The van der Waals surface area contributed by atoms with Gasteiger partial charge in [-0.05, 0) is 49.7 Å². The van der Waals surface area contributed by atoms with E-state index in [4.69, 9.17) is 0 Å². The molecule has 102 valence electrons. The van der Waals surface area contributed by atoms with Gasteiger partial charge in [-0.3, -0.25) is 0 Å². The van der Waals surface area contributed by atoms with Gasteiger partial charge in [-0.15, -0.1) is 5.10 Å². The molecule has 19 heavy (non-hydrogen) atoms. The summed E-state index contributed by atoms with van der Waals surface area (Å²) >= 11 is 0. The number of benzene rings is 1. The Hall–Kier alpha value is -1.75. The smallest absolute Gasteiger partial charge is 0.168 e. The fraction of sp³-hybridized carbons (Fsp3) is 0.500. The summed E-state index contributed by atoms with van der Waals surface area (Å²) in [6.45, 7) is 4.22. The Kier molecular flexibility index (Phi) is 4.63. The minimum Gasteiger partial charge on any atom is -0.311 e. The summed E-state index contributed by atoms with van der Waals surface area (Å²) in [4.78, 5) is 0. The zero-order valence-corrected chi connectivity index (χ0v) is 11.7.